The van der Waals surface area contributed by atoms with Crippen LogP contribution in [0.2, 0.25) is 0 Å². The third-order valence-corrected chi connectivity index (χ3v) is 3.63. The number of amides is 1. The molecule has 0 spiro atoms. The number of hydrogen-bond donors (Lipinski definition) is 1. The van der Waals surface area contributed by atoms with Crippen molar-refractivity contribution in [1.29, 1.82) is 0 Å². The topological polar surface area (TPSA) is 32.3 Å². The molecule has 0 aromatic heterocycles. The van der Waals surface area contributed by atoms with Crippen molar-refractivity contribution in [2.75, 3.05) is 6.54 Å². The van der Waals surface area contributed by atoms with Crippen LogP contribution in [0.15, 0.2) is 0 Å². The van der Waals surface area contributed by atoms with Gasteiger partial charge in [-0.15, -0.1) is 0 Å². The summed E-state index contributed by atoms with van der Waals surface area (Å²) in [7, 11) is 0. The number of hydrogen-bond acceptors (Lipinski definition) is 2. The molecule has 0 radical (unpaired) electrons. The quantitative estimate of drug-likeness (QED) is 0.694. The summed E-state index contributed by atoms with van der Waals surface area (Å²) in [6.45, 7) is 9.28. The van der Waals surface area contributed by atoms with Crippen molar-refractivity contribution in [2.24, 2.45) is 5.92 Å². The van der Waals surface area contributed by atoms with Crippen molar-refractivity contribution in [3.63, 3.8) is 0 Å². The number of carbonyl (C=O) groups excluding carboxylic acids is 1. The first-order valence-corrected chi connectivity index (χ1v) is 7.12. The van der Waals surface area contributed by atoms with Crippen LogP contribution in [-0.2, 0) is 4.79 Å². The van der Waals surface area contributed by atoms with Gasteiger partial charge in [0.2, 0.25) is 5.91 Å². The van der Waals surface area contributed by atoms with Crippen LogP contribution in [0.5, 0.6) is 0 Å². The lowest BCUT2D eigenvalue weighted by molar-refractivity contribution is -0.130. The van der Waals surface area contributed by atoms with Gasteiger partial charge in [-0.1, -0.05) is 46.5 Å². The molecule has 1 rings (SSSR count). The predicted octanol–water partition coefficient (Wildman–Crippen LogP) is 2.76. The number of nitrogens with zero attached hydrogens (tertiary/aromatic N) is 1. The number of carbonyl (C=O) groups is 1. The van der Waals surface area contributed by atoms with E-state index in [4.69, 9.17) is 0 Å². The molecule has 2 atom stereocenters. The Bertz CT molecular complexity index is 240. The first kappa shape index (κ1) is 14.5. The molecule has 3 heteroatoms. The minimum absolute atomic E-state index is 0.240. The highest BCUT2D eigenvalue weighted by atomic mass is 16.2. The van der Waals surface area contributed by atoms with E-state index in [-0.39, 0.29) is 12.1 Å². The van der Waals surface area contributed by atoms with Gasteiger partial charge >= 0.3 is 0 Å². The highest BCUT2D eigenvalue weighted by Crippen LogP contribution is 2.20. The molecule has 1 N–H and O–H groups in total. The van der Waals surface area contributed by atoms with E-state index < -0.39 is 0 Å². The summed E-state index contributed by atoms with van der Waals surface area (Å²) >= 11 is 0. The smallest absolute Gasteiger partial charge is 0.238 e. The van der Waals surface area contributed by atoms with Gasteiger partial charge in [-0.05, 0) is 19.3 Å². The maximum atomic E-state index is 11.9. The molecule has 17 heavy (non-hydrogen) atoms. The van der Waals surface area contributed by atoms with Crippen molar-refractivity contribution in [2.45, 2.75) is 72.0 Å². The monoisotopic (exact) mass is 240 g/mol. The standard InChI is InChI=1S/C14H28N2O/c1-5-6-7-8-9-12(4)16-13(17)10-15-14(16)11(2)3/h11-12,14-15H,5-10H2,1-4H3. The predicted molar refractivity (Wildman–Crippen MR) is 71.7 cm³/mol. The van der Waals surface area contributed by atoms with Crippen LogP contribution >= 0.6 is 0 Å². The van der Waals surface area contributed by atoms with E-state index in [9.17, 15) is 4.79 Å². The fourth-order valence-electron chi connectivity index (χ4n) is 2.62. The maximum Gasteiger partial charge on any atom is 0.238 e. The molecule has 1 aliphatic rings. The van der Waals surface area contributed by atoms with Gasteiger partial charge in [0.05, 0.1) is 12.7 Å². The van der Waals surface area contributed by atoms with E-state index >= 15 is 0 Å². The largest absolute Gasteiger partial charge is 0.323 e. The molecule has 3 nitrogen and oxygen atoms in total. The van der Waals surface area contributed by atoms with Crippen molar-refractivity contribution >= 4 is 5.91 Å². The Kier molecular flexibility index (Phi) is 5.96. The van der Waals surface area contributed by atoms with Crippen LogP contribution in [0.4, 0.5) is 0 Å². The fourth-order valence-corrected chi connectivity index (χ4v) is 2.62. The average molecular weight is 240 g/mol. The van der Waals surface area contributed by atoms with Gasteiger partial charge in [0.1, 0.15) is 0 Å². The van der Waals surface area contributed by atoms with Gasteiger partial charge in [-0.25, -0.2) is 0 Å². The molecule has 0 aromatic carbocycles. The van der Waals surface area contributed by atoms with E-state index in [1.165, 1.54) is 25.7 Å². The second-order valence-corrected chi connectivity index (χ2v) is 5.57. The van der Waals surface area contributed by atoms with Crippen molar-refractivity contribution in [3.05, 3.63) is 0 Å². The van der Waals surface area contributed by atoms with Crippen LogP contribution in [0.3, 0.4) is 0 Å². The lowest BCUT2D eigenvalue weighted by Crippen LogP contribution is -2.46. The number of nitrogens with one attached hydrogen (secondary N) is 1. The molecule has 1 fully saturated rings. The molecule has 0 aromatic rings. The van der Waals surface area contributed by atoms with Crippen molar-refractivity contribution < 1.29 is 4.79 Å². The molecular formula is C14H28N2O. The molecule has 1 heterocycles. The normalized spacial score (nSPS) is 22.5. The zero-order valence-electron chi connectivity index (χ0n) is 11.8. The van der Waals surface area contributed by atoms with Crippen LogP contribution < -0.4 is 5.32 Å². The Morgan fingerprint density at radius 1 is 1.29 bits per heavy atom. The van der Waals surface area contributed by atoms with Gasteiger partial charge in [0, 0.05) is 6.04 Å². The molecule has 1 aliphatic heterocycles. The summed E-state index contributed by atoms with van der Waals surface area (Å²) < 4.78 is 0. The molecular weight excluding hydrogens is 212 g/mol. The Balaban J connectivity index is 2.42. The second-order valence-electron chi connectivity index (χ2n) is 5.57. The fraction of sp³-hybridized carbons (Fsp3) is 0.929. The summed E-state index contributed by atoms with van der Waals surface area (Å²) in [5, 5.41) is 3.31. The second kappa shape index (κ2) is 7.00. The number of rotatable bonds is 7. The molecule has 2 unspecified atom stereocenters. The molecule has 100 valence electrons. The van der Waals surface area contributed by atoms with Crippen LogP contribution in [0.1, 0.15) is 59.8 Å². The average Bonchev–Trinajstić information content (AvgIpc) is 2.66. The third-order valence-electron chi connectivity index (χ3n) is 3.63. The first-order chi connectivity index (χ1) is 8.07. The van der Waals surface area contributed by atoms with Gasteiger partial charge < -0.3 is 4.90 Å². The van der Waals surface area contributed by atoms with E-state index in [1.807, 2.05) is 0 Å². The zero-order valence-corrected chi connectivity index (χ0v) is 11.8. The van der Waals surface area contributed by atoms with E-state index in [2.05, 4.69) is 37.9 Å². The summed E-state index contributed by atoms with van der Waals surface area (Å²) in [5.41, 5.74) is 0. The van der Waals surface area contributed by atoms with E-state index in [1.54, 1.807) is 0 Å². The summed E-state index contributed by atoms with van der Waals surface area (Å²) in [4.78, 5) is 13.9. The zero-order chi connectivity index (χ0) is 12.8. The maximum absolute atomic E-state index is 11.9. The molecule has 0 bridgehead atoms. The van der Waals surface area contributed by atoms with Crippen molar-refractivity contribution in [1.82, 2.24) is 10.2 Å². The highest BCUT2D eigenvalue weighted by molar-refractivity contribution is 5.81. The number of unbranched alkanes of at least 4 members (excludes halogenated alkanes) is 3. The SMILES string of the molecule is CCCCCCC(C)N1C(=O)CNC1C(C)C. The summed E-state index contributed by atoms with van der Waals surface area (Å²) in [5.74, 6) is 0.756. The molecule has 1 saturated heterocycles. The van der Waals surface area contributed by atoms with Gasteiger partial charge in [0.25, 0.3) is 0 Å². The van der Waals surface area contributed by atoms with E-state index in [0.29, 0.717) is 18.5 Å². The molecule has 1 amide bonds. The lowest BCUT2D eigenvalue weighted by atomic mass is 10.0. The Labute approximate surface area is 106 Å². The Morgan fingerprint density at radius 2 is 2.00 bits per heavy atom. The highest BCUT2D eigenvalue weighted by Gasteiger charge is 2.35. The van der Waals surface area contributed by atoms with Crippen LogP contribution in [0, 0.1) is 5.92 Å². The minimum atomic E-state index is 0.240. The van der Waals surface area contributed by atoms with Crippen LogP contribution in [-0.4, -0.2) is 29.6 Å². The van der Waals surface area contributed by atoms with Crippen LogP contribution in [0.25, 0.3) is 0 Å². The molecule has 0 saturated carbocycles. The van der Waals surface area contributed by atoms with E-state index in [0.717, 1.165) is 6.42 Å². The van der Waals surface area contributed by atoms with Crippen molar-refractivity contribution in [3.8, 4) is 0 Å². The van der Waals surface area contributed by atoms with Gasteiger partial charge in [-0.2, -0.15) is 0 Å². The first-order valence-electron chi connectivity index (χ1n) is 7.12. The third kappa shape index (κ3) is 3.98. The summed E-state index contributed by atoms with van der Waals surface area (Å²) in [6, 6.07) is 0.377. The minimum Gasteiger partial charge on any atom is -0.323 e. The van der Waals surface area contributed by atoms with Gasteiger partial charge in [-0.3, -0.25) is 10.1 Å². The Morgan fingerprint density at radius 3 is 2.59 bits per heavy atom. The molecule has 0 aliphatic carbocycles. The van der Waals surface area contributed by atoms with Gasteiger partial charge in [0.15, 0.2) is 0 Å². The summed E-state index contributed by atoms with van der Waals surface area (Å²) in [6.07, 6.45) is 6.49. The Hall–Kier alpha value is -0.570. The lowest BCUT2D eigenvalue weighted by Gasteiger charge is -2.32.